The van der Waals surface area contributed by atoms with Gasteiger partial charge >= 0.3 is 0 Å². The molecule has 0 saturated carbocycles. The minimum atomic E-state index is -0.781. The van der Waals surface area contributed by atoms with Gasteiger partial charge in [0.25, 0.3) is 11.7 Å². The van der Waals surface area contributed by atoms with E-state index in [4.69, 9.17) is 9.47 Å². The van der Waals surface area contributed by atoms with Gasteiger partial charge in [-0.15, -0.1) is 11.3 Å². The minimum absolute atomic E-state index is 0.0240. The number of aliphatic hydroxyl groups is 1. The number of anilines is 1. The van der Waals surface area contributed by atoms with E-state index < -0.39 is 17.7 Å². The molecule has 4 aromatic rings. The molecule has 180 valence electrons. The summed E-state index contributed by atoms with van der Waals surface area (Å²) in [6, 6.07) is 24.6. The van der Waals surface area contributed by atoms with Crippen LogP contribution in [0, 0.1) is 6.92 Å². The fourth-order valence-electron chi connectivity index (χ4n) is 4.27. The molecule has 6 nitrogen and oxygen atoms in total. The Morgan fingerprint density at radius 2 is 1.64 bits per heavy atom. The van der Waals surface area contributed by atoms with Crippen LogP contribution < -0.4 is 14.4 Å². The van der Waals surface area contributed by atoms with Crippen LogP contribution in [0.15, 0.2) is 95.9 Å². The fraction of sp³-hybridized carbons (Fsp3) is 0.103. The molecule has 3 aromatic carbocycles. The first-order chi connectivity index (χ1) is 17.5. The Morgan fingerprint density at radius 1 is 0.917 bits per heavy atom. The van der Waals surface area contributed by atoms with E-state index in [2.05, 4.69) is 0 Å². The third kappa shape index (κ3) is 4.25. The van der Waals surface area contributed by atoms with Crippen molar-refractivity contribution in [1.29, 1.82) is 0 Å². The molecule has 1 N–H and O–H groups in total. The zero-order valence-electron chi connectivity index (χ0n) is 19.7. The van der Waals surface area contributed by atoms with Gasteiger partial charge in [0.05, 0.1) is 18.2 Å². The van der Waals surface area contributed by atoms with Crippen molar-refractivity contribution in [3.63, 3.8) is 0 Å². The van der Waals surface area contributed by atoms with Gasteiger partial charge < -0.3 is 14.6 Å². The van der Waals surface area contributed by atoms with E-state index in [1.54, 1.807) is 36.4 Å². The van der Waals surface area contributed by atoms with Crippen LogP contribution in [-0.4, -0.2) is 23.9 Å². The maximum atomic E-state index is 13.3. The van der Waals surface area contributed by atoms with Gasteiger partial charge in [-0.25, -0.2) is 0 Å². The van der Waals surface area contributed by atoms with Gasteiger partial charge in [0.15, 0.2) is 0 Å². The van der Waals surface area contributed by atoms with Crippen LogP contribution in [0.25, 0.3) is 5.76 Å². The summed E-state index contributed by atoms with van der Waals surface area (Å²) in [4.78, 5) is 28.8. The number of methoxy groups -OCH3 is 1. The highest BCUT2D eigenvalue weighted by Crippen LogP contribution is 2.45. The molecular formula is C29H23NO5S. The van der Waals surface area contributed by atoms with Crippen molar-refractivity contribution < 1.29 is 24.2 Å². The molecule has 1 aromatic heterocycles. The number of amides is 1. The zero-order chi connectivity index (χ0) is 25.2. The molecule has 0 aliphatic carbocycles. The first-order valence-electron chi connectivity index (χ1n) is 11.3. The van der Waals surface area contributed by atoms with E-state index in [1.165, 1.54) is 23.3 Å². The van der Waals surface area contributed by atoms with E-state index in [1.807, 2.05) is 60.8 Å². The summed E-state index contributed by atoms with van der Waals surface area (Å²) in [6.45, 7) is 1.88. The number of aryl methyl sites for hydroxylation is 1. The van der Waals surface area contributed by atoms with Crippen molar-refractivity contribution in [2.75, 3.05) is 12.0 Å². The number of carbonyl (C=O) groups is 2. The first-order valence-corrected chi connectivity index (χ1v) is 12.2. The summed E-state index contributed by atoms with van der Waals surface area (Å²) in [5.74, 6) is -0.0251. The minimum Gasteiger partial charge on any atom is -0.507 e. The number of thiophene rings is 1. The van der Waals surface area contributed by atoms with Crippen molar-refractivity contribution in [3.05, 3.63) is 112 Å². The van der Waals surface area contributed by atoms with Gasteiger partial charge in [0, 0.05) is 10.6 Å². The predicted octanol–water partition coefficient (Wildman–Crippen LogP) is 6.48. The van der Waals surface area contributed by atoms with Gasteiger partial charge in [-0.3, -0.25) is 14.5 Å². The normalized spacial score (nSPS) is 16.8. The monoisotopic (exact) mass is 497 g/mol. The van der Waals surface area contributed by atoms with Crippen molar-refractivity contribution in [2.24, 2.45) is 0 Å². The number of para-hydroxylation sites is 1. The average molecular weight is 498 g/mol. The number of aliphatic hydroxyl groups excluding tert-OH is 1. The molecule has 1 unspecified atom stereocenters. The third-order valence-corrected chi connectivity index (χ3v) is 6.89. The Hall–Kier alpha value is -4.36. The van der Waals surface area contributed by atoms with Crippen molar-refractivity contribution in [1.82, 2.24) is 0 Å². The van der Waals surface area contributed by atoms with Crippen molar-refractivity contribution in [2.45, 2.75) is 13.0 Å². The molecule has 1 aliphatic rings. The van der Waals surface area contributed by atoms with Crippen LogP contribution in [0.5, 0.6) is 17.2 Å². The summed E-state index contributed by atoms with van der Waals surface area (Å²) in [6.07, 6.45) is 0. The second-order valence-electron chi connectivity index (χ2n) is 8.30. The quantitative estimate of drug-likeness (QED) is 0.187. The number of ether oxygens (including phenoxy) is 2. The number of hydrogen-bond acceptors (Lipinski definition) is 6. The van der Waals surface area contributed by atoms with Crippen LogP contribution >= 0.6 is 11.3 Å². The molecule has 5 rings (SSSR count). The standard InChI is InChI=1S/C29H23NO5S/c1-18-10-15-23(34-2)22(17-18)27(31)25-26(24-9-6-16-36-24)30(29(33)28(25)32)19-11-13-21(14-12-19)35-20-7-4-3-5-8-20/h3-17,26,31H,1-2H3/b27-25-. The lowest BCUT2D eigenvalue weighted by Gasteiger charge is -2.24. The van der Waals surface area contributed by atoms with E-state index in [0.717, 1.165) is 10.4 Å². The average Bonchev–Trinajstić information content (AvgIpc) is 3.52. The molecule has 1 aliphatic heterocycles. The molecule has 7 heteroatoms. The van der Waals surface area contributed by atoms with Gasteiger partial charge in [0.1, 0.15) is 29.0 Å². The van der Waals surface area contributed by atoms with Gasteiger partial charge in [-0.05, 0) is 66.9 Å². The molecular weight excluding hydrogens is 474 g/mol. The largest absolute Gasteiger partial charge is 0.507 e. The first kappa shape index (κ1) is 23.4. The molecule has 0 radical (unpaired) electrons. The van der Waals surface area contributed by atoms with E-state index >= 15 is 0 Å². The summed E-state index contributed by atoms with van der Waals surface area (Å²) >= 11 is 1.41. The number of Topliss-reactive ketones (excluding diaryl/α,β-unsaturated/α-hetero) is 1. The lowest BCUT2D eigenvalue weighted by Crippen LogP contribution is -2.29. The van der Waals surface area contributed by atoms with E-state index in [9.17, 15) is 14.7 Å². The summed E-state index contributed by atoms with van der Waals surface area (Å²) in [5.41, 5.74) is 1.79. The lowest BCUT2D eigenvalue weighted by atomic mass is 9.98. The van der Waals surface area contributed by atoms with Crippen LogP contribution in [0.3, 0.4) is 0 Å². The van der Waals surface area contributed by atoms with Crippen molar-refractivity contribution in [3.8, 4) is 17.2 Å². The van der Waals surface area contributed by atoms with Crippen LogP contribution in [0.2, 0.25) is 0 Å². The zero-order valence-corrected chi connectivity index (χ0v) is 20.5. The number of carbonyl (C=O) groups excluding carboxylic acids is 2. The van der Waals surface area contributed by atoms with Crippen LogP contribution in [0.4, 0.5) is 5.69 Å². The number of benzene rings is 3. The third-order valence-electron chi connectivity index (χ3n) is 5.96. The van der Waals surface area contributed by atoms with Gasteiger partial charge in [-0.2, -0.15) is 0 Å². The molecule has 1 saturated heterocycles. The van der Waals surface area contributed by atoms with Crippen LogP contribution in [0.1, 0.15) is 22.0 Å². The fourth-order valence-corrected chi connectivity index (χ4v) is 5.09. The molecule has 36 heavy (non-hydrogen) atoms. The molecule has 0 spiro atoms. The Labute approximate surface area is 212 Å². The SMILES string of the molecule is COc1ccc(C)cc1/C(O)=C1/C(=O)C(=O)N(c2ccc(Oc3ccccc3)cc2)C1c1cccs1. The summed E-state index contributed by atoms with van der Waals surface area (Å²) < 4.78 is 11.3. The number of nitrogens with zero attached hydrogens (tertiary/aromatic N) is 1. The Bertz CT molecular complexity index is 1440. The highest BCUT2D eigenvalue weighted by Gasteiger charge is 2.47. The Balaban J connectivity index is 1.59. The van der Waals surface area contributed by atoms with Crippen LogP contribution in [-0.2, 0) is 9.59 Å². The molecule has 0 bridgehead atoms. The number of ketones is 1. The highest BCUT2D eigenvalue weighted by molar-refractivity contribution is 7.10. The molecule has 1 amide bonds. The van der Waals surface area contributed by atoms with E-state index in [0.29, 0.717) is 28.5 Å². The molecule has 1 fully saturated rings. The lowest BCUT2D eigenvalue weighted by molar-refractivity contribution is -0.132. The predicted molar refractivity (Wildman–Crippen MR) is 140 cm³/mol. The van der Waals surface area contributed by atoms with Gasteiger partial charge in [0.2, 0.25) is 0 Å². The molecule has 2 heterocycles. The maximum Gasteiger partial charge on any atom is 0.300 e. The number of rotatable bonds is 6. The second kappa shape index (κ2) is 9.71. The summed E-state index contributed by atoms with van der Waals surface area (Å²) in [7, 11) is 1.50. The maximum absolute atomic E-state index is 13.3. The number of hydrogen-bond donors (Lipinski definition) is 1. The van der Waals surface area contributed by atoms with Crippen molar-refractivity contribution >= 4 is 34.5 Å². The Kier molecular flexibility index (Phi) is 6.31. The summed E-state index contributed by atoms with van der Waals surface area (Å²) in [5, 5.41) is 13.2. The highest BCUT2D eigenvalue weighted by atomic mass is 32.1. The topological polar surface area (TPSA) is 76.1 Å². The second-order valence-corrected chi connectivity index (χ2v) is 9.28. The smallest absolute Gasteiger partial charge is 0.300 e. The van der Waals surface area contributed by atoms with E-state index in [-0.39, 0.29) is 11.3 Å². The Morgan fingerprint density at radius 3 is 2.31 bits per heavy atom. The van der Waals surface area contributed by atoms with Gasteiger partial charge in [-0.1, -0.05) is 35.9 Å². The molecule has 1 atom stereocenters.